The van der Waals surface area contributed by atoms with E-state index < -0.39 is 0 Å². The quantitative estimate of drug-likeness (QED) is 0.773. The van der Waals surface area contributed by atoms with Crippen molar-refractivity contribution in [1.82, 2.24) is 0 Å². The molecule has 0 heterocycles. The van der Waals surface area contributed by atoms with Crippen molar-refractivity contribution in [3.05, 3.63) is 54.1 Å². The van der Waals surface area contributed by atoms with E-state index in [1.807, 2.05) is 24.3 Å². The minimum Gasteiger partial charge on any atom is -0.508 e. The Kier molecular flexibility index (Phi) is 2.96. The molecular formula is C13H13NO2. The molecule has 0 saturated heterocycles. The first-order chi connectivity index (χ1) is 7.74. The third-order valence-electron chi connectivity index (χ3n) is 2.20. The Morgan fingerprint density at radius 1 is 1.06 bits per heavy atom. The number of hydrogen-bond acceptors (Lipinski definition) is 3. The second-order valence-corrected chi connectivity index (χ2v) is 3.53. The number of ether oxygens (including phenoxy) is 1. The van der Waals surface area contributed by atoms with Crippen LogP contribution in [0.15, 0.2) is 48.5 Å². The van der Waals surface area contributed by atoms with Crippen LogP contribution in [0.4, 0.5) is 5.69 Å². The summed E-state index contributed by atoms with van der Waals surface area (Å²) in [4.78, 5) is 0. The second kappa shape index (κ2) is 4.57. The predicted molar refractivity (Wildman–Crippen MR) is 63.3 cm³/mol. The van der Waals surface area contributed by atoms with E-state index in [9.17, 15) is 5.11 Å². The summed E-state index contributed by atoms with van der Waals surface area (Å²) in [6.45, 7) is 0.462. The fourth-order valence-corrected chi connectivity index (χ4v) is 1.35. The molecule has 16 heavy (non-hydrogen) atoms. The Labute approximate surface area is 94.1 Å². The Hall–Kier alpha value is -2.16. The van der Waals surface area contributed by atoms with Crippen molar-refractivity contribution < 1.29 is 9.84 Å². The highest BCUT2D eigenvalue weighted by Gasteiger charge is 1.97. The van der Waals surface area contributed by atoms with E-state index in [0.29, 0.717) is 12.4 Å². The summed E-state index contributed by atoms with van der Waals surface area (Å²) in [6, 6.07) is 14.2. The lowest BCUT2D eigenvalue weighted by Crippen LogP contribution is -1.95. The molecule has 82 valence electrons. The lowest BCUT2D eigenvalue weighted by atomic mass is 10.2. The van der Waals surface area contributed by atoms with Gasteiger partial charge in [-0.3, -0.25) is 0 Å². The van der Waals surface area contributed by atoms with Crippen molar-refractivity contribution in [2.45, 2.75) is 6.61 Å². The molecule has 0 spiro atoms. The fourth-order valence-electron chi connectivity index (χ4n) is 1.35. The molecular weight excluding hydrogens is 202 g/mol. The number of rotatable bonds is 3. The van der Waals surface area contributed by atoms with Crippen LogP contribution in [0.25, 0.3) is 0 Å². The summed E-state index contributed by atoms with van der Waals surface area (Å²) in [6.07, 6.45) is 0. The van der Waals surface area contributed by atoms with Gasteiger partial charge < -0.3 is 15.6 Å². The van der Waals surface area contributed by atoms with Gasteiger partial charge in [0.25, 0.3) is 0 Å². The van der Waals surface area contributed by atoms with E-state index in [0.717, 1.165) is 11.3 Å². The van der Waals surface area contributed by atoms with Gasteiger partial charge in [-0.15, -0.1) is 0 Å². The van der Waals surface area contributed by atoms with Crippen molar-refractivity contribution in [2.24, 2.45) is 0 Å². The van der Waals surface area contributed by atoms with Crippen molar-refractivity contribution in [3.8, 4) is 11.5 Å². The molecule has 0 saturated carbocycles. The summed E-state index contributed by atoms with van der Waals surface area (Å²) in [5.41, 5.74) is 7.36. The normalized spacial score (nSPS) is 10.0. The molecule has 2 aromatic carbocycles. The highest BCUT2D eigenvalue weighted by Crippen LogP contribution is 2.19. The number of aromatic hydroxyl groups is 1. The first-order valence-electron chi connectivity index (χ1n) is 5.00. The zero-order valence-electron chi connectivity index (χ0n) is 8.76. The van der Waals surface area contributed by atoms with Crippen molar-refractivity contribution in [1.29, 1.82) is 0 Å². The minimum atomic E-state index is 0.204. The van der Waals surface area contributed by atoms with E-state index in [4.69, 9.17) is 10.5 Å². The van der Waals surface area contributed by atoms with Crippen LogP contribution in [0.1, 0.15) is 5.56 Å². The molecule has 0 aliphatic rings. The van der Waals surface area contributed by atoms with E-state index >= 15 is 0 Å². The predicted octanol–water partition coefficient (Wildman–Crippen LogP) is 2.55. The van der Waals surface area contributed by atoms with E-state index in [2.05, 4.69) is 0 Å². The molecule has 0 aliphatic heterocycles. The molecule has 0 fully saturated rings. The molecule has 0 aromatic heterocycles. The van der Waals surface area contributed by atoms with Gasteiger partial charge in [-0.1, -0.05) is 18.2 Å². The smallest absolute Gasteiger partial charge is 0.123 e. The van der Waals surface area contributed by atoms with Crippen LogP contribution in [-0.2, 0) is 6.61 Å². The topological polar surface area (TPSA) is 55.5 Å². The van der Waals surface area contributed by atoms with Crippen LogP contribution < -0.4 is 10.5 Å². The van der Waals surface area contributed by atoms with Gasteiger partial charge in [0.1, 0.15) is 18.1 Å². The summed E-state index contributed by atoms with van der Waals surface area (Å²) in [5, 5.41) is 9.25. The molecule has 2 rings (SSSR count). The minimum absolute atomic E-state index is 0.204. The molecule has 2 aromatic rings. The van der Waals surface area contributed by atoms with Crippen LogP contribution >= 0.6 is 0 Å². The molecule has 3 heteroatoms. The molecule has 0 radical (unpaired) electrons. The van der Waals surface area contributed by atoms with Crippen LogP contribution in [0.3, 0.4) is 0 Å². The van der Waals surface area contributed by atoms with Gasteiger partial charge in [0.2, 0.25) is 0 Å². The maximum Gasteiger partial charge on any atom is 0.123 e. The van der Waals surface area contributed by atoms with Gasteiger partial charge in [-0.05, 0) is 29.8 Å². The van der Waals surface area contributed by atoms with Gasteiger partial charge in [0.05, 0.1) is 0 Å². The number of phenolic OH excluding ortho intramolecular Hbond substituents is 1. The van der Waals surface area contributed by atoms with E-state index in [1.54, 1.807) is 24.3 Å². The van der Waals surface area contributed by atoms with Crippen molar-refractivity contribution in [2.75, 3.05) is 5.73 Å². The van der Waals surface area contributed by atoms with Gasteiger partial charge in [0, 0.05) is 11.8 Å². The molecule has 0 aliphatic carbocycles. The third-order valence-corrected chi connectivity index (χ3v) is 2.20. The van der Waals surface area contributed by atoms with Crippen molar-refractivity contribution >= 4 is 5.69 Å². The summed E-state index contributed by atoms with van der Waals surface area (Å²) in [7, 11) is 0. The second-order valence-electron chi connectivity index (χ2n) is 3.53. The number of nitrogens with two attached hydrogens (primary N) is 1. The van der Waals surface area contributed by atoms with Gasteiger partial charge in [-0.25, -0.2) is 0 Å². The zero-order valence-corrected chi connectivity index (χ0v) is 8.76. The monoisotopic (exact) mass is 215 g/mol. The lowest BCUT2D eigenvalue weighted by molar-refractivity contribution is 0.304. The Morgan fingerprint density at radius 2 is 1.81 bits per heavy atom. The first kappa shape index (κ1) is 10.4. The number of nitrogen functional groups attached to an aromatic ring is 1. The molecule has 0 atom stereocenters. The lowest BCUT2D eigenvalue weighted by Gasteiger charge is -2.06. The van der Waals surface area contributed by atoms with E-state index in [1.165, 1.54) is 0 Å². The first-order valence-corrected chi connectivity index (χ1v) is 5.00. The summed E-state index contributed by atoms with van der Waals surface area (Å²) >= 11 is 0. The van der Waals surface area contributed by atoms with Gasteiger partial charge in [-0.2, -0.15) is 0 Å². The average molecular weight is 215 g/mol. The number of anilines is 1. The summed E-state index contributed by atoms with van der Waals surface area (Å²) in [5.74, 6) is 0.853. The SMILES string of the molecule is Nc1ccc(COc2cccc(O)c2)cc1. The molecule has 0 amide bonds. The highest BCUT2D eigenvalue weighted by molar-refractivity contribution is 5.39. The van der Waals surface area contributed by atoms with Crippen molar-refractivity contribution in [3.63, 3.8) is 0 Å². The standard InChI is InChI=1S/C13H13NO2/c14-11-6-4-10(5-7-11)9-16-13-3-1-2-12(15)8-13/h1-8,15H,9,14H2. The third kappa shape index (κ3) is 2.67. The molecule has 3 N–H and O–H groups in total. The zero-order chi connectivity index (χ0) is 11.4. The van der Waals surface area contributed by atoms with Crippen LogP contribution in [-0.4, -0.2) is 5.11 Å². The Morgan fingerprint density at radius 3 is 2.50 bits per heavy atom. The van der Waals surface area contributed by atoms with Gasteiger partial charge >= 0.3 is 0 Å². The largest absolute Gasteiger partial charge is 0.508 e. The van der Waals surface area contributed by atoms with Gasteiger partial charge in [0.15, 0.2) is 0 Å². The van der Waals surface area contributed by atoms with Crippen LogP contribution in [0.2, 0.25) is 0 Å². The average Bonchev–Trinajstić information content (AvgIpc) is 2.28. The maximum atomic E-state index is 9.25. The number of hydrogen-bond donors (Lipinski definition) is 2. The maximum absolute atomic E-state index is 9.25. The number of phenols is 1. The molecule has 3 nitrogen and oxygen atoms in total. The highest BCUT2D eigenvalue weighted by atomic mass is 16.5. The number of benzene rings is 2. The molecule has 0 bridgehead atoms. The van der Waals surface area contributed by atoms with E-state index in [-0.39, 0.29) is 5.75 Å². The summed E-state index contributed by atoms with van der Waals surface area (Å²) < 4.78 is 5.51. The van der Waals surface area contributed by atoms with Crippen LogP contribution in [0.5, 0.6) is 11.5 Å². The fraction of sp³-hybridized carbons (Fsp3) is 0.0769. The Balaban J connectivity index is 1.99. The Bertz CT molecular complexity index is 466. The van der Waals surface area contributed by atoms with Crippen LogP contribution in [0, 0.1) is 0 Å². The molecule has 0 unspecified atom stereocenters.